The Balaban J connectivity index is 1.58. The van der Waals surface area contributed by atoms with Gasteiger partial charge in [-0.05, 0) is 35.4 Å². The van der Waals surface area contributed by atoms with Crippen LogP contribution in [-0.2, 0) is 17.9 Å². The maximum absolute atomic E-state index is 13.4. The highest BCUT2D eigenvalue weighted by Gasteiger charge is 2.30. The minimum atomic E-state index is -0.328. The Kier molecular flexibility index (Phi) is 6.57. The molecule has 0 saturated carbocycles. The van der Waals surface area contributed by atoms with E-state index in [1.54, 1.807) is 29.2 Å². The number of fused-ring (bicyclic) bond motifs is 1. The van der Waals surface area contributed by atoms with Crippen molar-refractivity contribution in [1.82, 2.24) is 4.90 Å². The molecule has 1 heterocycles. The number of para-hydroxylation sites is 1. The maximum Gasteiger partial charge on any atom is 0.260 e. The molecule has 5 nitrogen and oxygen atoms in total. The first-order chi connectivity index (χ1) is 15.6. The van der Waals surface area contributed by atoms with E-state index in [1.165, 1.54) is 4.90 Å². The van der Waals surface area contributed by atoms with Crippen LogP contribution in [0.15, 0.2) is 85.5 Å². The molecular weight excluding hydrogens is 424 g/mol. The van der Waals surface area contributed by atoms with E-state index in [0.29, 0.717) is 36.7 Å². The quantitative estimate of drug-likeness (QED) is 0.495. The number of amides is 2. The Labute approximate surface area is 192 Å². The summed E-state index contributed by atoms with van der Waals surface area (Å²) in [5.41, 5.74) is 2.96. The van der Waals surface area contributed by atoms with Gasteiger partial charge in [0.1, 0.15) is 18.9 Å². The summed E-state index contributed by atoms with van der Waals surface area (Å²) in [4.78, 5) is 29.4. The molecule has 0 saturated heterocycles. The Morgan fingerprint density at radius 2 is 1.78 bits per heavy atom. The molecule has 32 heavy (non-hydrogen) atoms. The smallest absolute Gasteiger partial charge is 0.260 e. The van der Waals surface area contributed by atoms with Gasteiger partial charge in [-0.2, -0.15) is 0 Å². The molecule has 0 fully saturated rings. The van der Waals surface area contributed by atoms with Crippen molar-refractivity contribution in [2.75, 3.05) is 18.0 Å². The van der Waals surface area contributed by atoms with Gasteiger partial charge in [0.05, 0.1) is 10.6 Å². The van der Waals surface area contributed by atoms with Crippen molar-refractivity contribution >= 4 is 29.1 Å². The predicted molar refractivity (Wildman–Crippen MR) is 126 cm³/mol. The summed E-state index contributed by atoms with van der Waals surface area (Å²) >= 11 is 6.47. The molecule has 1 aliphatic heterocycles. The maximum atomic E-state index is 13.4. The first-order valence-electron chi connectivity index (χ1n) is 10.3. The van der Waals surface area contributed by atoms with Crippen molar-refractivity contribution < 1.29 is 14.3 Å². The lowest BCUT2D eigenvalue weighted by Crippen LogP contribution is -2.40. The van der Waals surface area contributed by atoms with Crippen molar-refractivity contribution in [2.24, 2.45) is 0 Å². The van der Waals surface area contributed by atoms with Crippen LogP contribution >= 0.6 is 11.6 Å². The molecule has 0 aliphatic carbocycles. The lowest BCUT2D eigenvalue weighted by atomic mass is 10.1. The van der Waals surface area contributed by atoms with E-state index in [-0.39, 0.29) is 23.4 Å². The van der Waals surface area contributed by atoms with E-state index >= 15 is 0 Å². The Hall–Kier alpha value is -3.57. The van der Waals surface area contributed by atoms with Crippen LogP contribution in [0.1, 0.15) is 21.5 Å². The number of carbonyl (C=O) groups is 2. The van der Waals surface area contributed by atoms with Crippen molar-refractivity contribution in [1.29, 1.82) is 0 Å². The molecule has 3 aromatic rings. The fraction of sp³-hybridized carbons (Fsp3) is 0.154. The van der Waals surface area contributed by atoms with Gasteiger partial charge in [0.15, 0.2) is 0 Å². The fourth-order valence-corrected chi connectivity index (χ4v) is 3.92. The van der Waals surface area contributed by atoms with Crippen LogP contribution in [0.3, 0.4) is 0 Å². The molecular formula is C26H23ClN2O3. The monoisotopic (exact) mass is 446 g/mol. The number of hydrogen-bond acceptors (Lipinski definition) is 3. The standard InChI is InChI=1S/C26H23ClN2O3/c1-2-14-28-16-20-10-6-7-11-24(20)29(17-25(28)30)26(31)22-13-12-21(15-23(22)27)32-18-19-8-4-3-5-9-19/h2-13,15H,1,14,16-18H2. The van der Waals surface area contributed by atoms with Gasteiger partial charge < -0.3 is 9.64 Å². The summed E-state index contributed by atoms with van der Waals surface area (Å²) in [5.74, 6) is 0.0964. The van der Waals surface area contributed by atoms with E-state index in [2.05, 4.69) is 6.58 Å². The minimum Gasteiger partial charge on any atom is -0.489 e. The third kappa shape index (κ3) is 4.68. The Bertz CT molecular complexity index is 1150. The summed E-state index contributed by atoms with van der Waals surface area (Å²) in [7, 11) is 0. The van der Waals surface area contributed by atoms with Gasteiger partial charge in [0.25, 0.3) is 5.91 Å². The van der Waals surface area contributed by atoms with Crippen molar-refractivity contribution in [3.63, 3.8) is 0 Å². The fourth-order valence-electron chi connectivity index (χ4n) is 3.67. The summed E-state index contributed by atoms with van der Waals surface area (Å²) < 4.78 is 5.81. The van der Waals surface area contributed by atoms with Gasteiger partial charge in [-0.3, -0.25) is 14.5 Å². The molecule has 2 amide bonds. The molecule has 162 valence electrons. The normalized spacial score (nSPS) is 13.3. The number of rotatable bonds is 6. The molecule has 0 atom stereocenters. The first kappa shape index (κ1) is 21.7. The number of anilines is 1. The molecule has 0 unspecified atom stereocenters. The van der Waals surface area contributed by atoms with Crippen LogP contribution in [-0.4, -0.2) is 29.8 Å². The average molecular weight is 447 g/mol. The topological polar surface area (TPSA) is 49.9 Å². The van der Waals surface area contributed by atoms with Gasteiger partial charge in [-0.15, -0.1) is 6.58 Å². The summed E-state index contributed by atoms with van der Waals surface area (Å²) in [5, 5.41) is 0.276. The average Bonchev–Trinajstić information content (AvgIpc) is 2.95. The predicted octanol–water partition coefficient (Wildman–Crippen LogP) is 5.09. The van der Waals surface area contributed by atoms with Gasteiger partial charge in [-0.25, -0.2) is 0 Å². The van der Waals surface area contributed by atoms with Crippen molar-refractivity contribution in [2.45, 2.75) is 13.2 Å². The van der Waals surface area contributed by atoms with E-state index in [9.17, 15) is 9.59 Å². The second-order valence-corrected chi connectivity index (χ2v) is 7.91. The third-order valence-corrected chi connectivity index (χ3v) is 5.62. The van der Waals surface area contributed by atoms with Crippen LogP contribution in [0.4, 0.5) is 5.69 Å². The Morgan fingerprint density at radius 3 is 2.53 bits per heavy atom. The zero-order valence-corrected chi connectivity index (χ0v) is 18.3. The number of ether oxygens (including phenoxy) is 1. The highest BCUT2D eigenvalue weighted by atomic mass is 35.5. The summed E-state index contributed by atoms with van der Waals surface area (Å²) in [6, 6.07) is 22.3. The number of carbonyl (C=O) groups excluding carboxylic acids is 2. The molecule has 0 aromatic heterocycles. The third-order valence-electron chi connectivity index (χ3n) is 5.30. The molecule has 0 spiro atoms. The highest BCUT2D eigenvalue weighted by molar-refractivity contribution is 6.34. The second kappa shape index (κ2) is 9.71. The van der Waals surface area contributed by atoms with Crippen molar-refractivity contribution in [3.05, 3.63) is 107 Å². The number of nitrogens with zero attached hydrogens (tertiary/aromatic N) is 2. The number of halogens is 1. The van der Waals surface area contributed by atoms with Crippen LogP contribution in [0.5, 0.6) is 5.75 Å². The van der Waals surface area contributed by atoms with Gasteiger partial charge in [0.2, 0.25) is 5.91 Å². The molecule has 6 heteroatoms. The molecule has 0 N–H and O–H groups in total. The van der Waals surface area contributed by atoms with Crippen LogP contribution in [0, 0.1) is 0 Å². The van der Waals surface area contributed by atoms with E-state index < -0.39 is 0 Å². The van der Waals surface area contributed by atoms with Gasteiger partial charge >= 0.3 is 0 Å². The zero-order chi connectivity index (χ0) is 22.5. The van der Waals surface area contributed by atoms with Crippen LogP contribution in [0.25, 0.3) is 0 Å². The summed E-state index contributed by atoms with van der Waals surface area (Å²) in [6.07, 6.45) is 1.68. The molecule has 0 bridgehead atoms. The van der Waals surface area contributed by atoms with Crippen molar-refractivity contribution in [3.8, 4) is 5.75 Å². The molecule has 1 aliphatic rings. The molecule has 3 aromatic carbocycles. The van der Waals surface area contributed by atoms with Crippen LogP contribution < -0.4 is 9.64 Å². The molecule has 4 rings (SSSR count). The Morgan fingerprint density at radius 1 is 1.03 bits per heavy atom. The van der Waals surface area contributed by atoms with E-state index in [1.807, 2.05) is 54.6 Å². The lowest BCUT2D eigenvalue weighted by molar-refractivity contribution is -0.129. The van der Waals surface area contributed by atoms with Gasteiger partial charge in [-0.1, -0.05) is 66.2 Å². The number of hydrogen-bond donors (Lipinski definition) is 0. The first-order valence-corrected chi connectivity index (χ1v) is 10.7. The molecule has 0 radical (unpaired) electrons. The van der Waals surface area contributed by atoms with Gasteiger partial charge in [0, 0.05) is 18.8 Å². The zero-order valence-electron chi connectivity index (χ0n) is 17.5. The second-order valence-electron chi connectivity index (χ2n) is 7.50. The van der Waals surface area contributed by atoms with Crippen LogP contribution in [0.2, 0.25) is 5.02 Å². The largest absolute Gasteiger partial charge is 0.489 e. The lowest BCUT2D eigenvalue weighted by Gasteiger charge is -2.23. The van der Waals surface area contributed by atoms with E-state index in [4.69, 9.17) is 16.3 Å². The van der Waals surface area contributed by atoms with E-state index in [0.717, 1.165) is 11.1 Å². The minimum absolute atomic E-state index is 0.0632. The number of benzene rings is 3. The summed E-state index contributed by atoms with van der Waals surface area (Å²) in [6.45, 7) is 4.91. The highest BCUT2D eigenvalue weighted by Crippen LogP contribution is 2.30. The SMILES string of the molecule is C=CCN1Cc2ccccc2N(C(=O)c2ccc(OCc3ccccc3)cc2Cl)CC1=O.